The third kappa shape index (κ3) is 5.25. The Morgan fingerprint density at radius 3 is 2.38 bits per heavy atom. The lowest BCUT2D eigenvalue weighted by Crippen LogP contribution is -2.13. The minimum Gasteiger partial charge on any atom is -0.491 e. The van der Waals surface area contributed by atoms with Gasteiger partial charge in [-0.25, -0.2) is 0 Å². The van der Waals surface area contributed by atoms with Crippen LogP contribution in [-0.4, -0.2) is 31.9 Å². The number of carbonyl (C=O) groups is 1. The van der Waals surface area contributed by atoms with Crippen LogP contribution in [0.25, 0.3) is 0 Å². The Hall–Kier alpha value is -1.78. The predicted molar refractivity (Wildman–Crippen MR) is 85.3 cm³/mol. The van der Waals surface area contributed by atoms with Crippen LogP contribution in [0.1, 0.15) is 10.4 Å². The molecule has 0 fully saturated rings. The SMILES string of the molecule is CSc1ccc(C(=O)COCCOc2ccccc2)cc1. The summed E-state index contributed by atoms with van der Waals surface area (Å²) in [6.07, 6.45) is 2.01. The first-order valence-electron chi connectivity index (χ1n) is 6.72. The van der Waals surface area contributed by atoms with Gasteiger partial charge in [-0.2, -0.15) is 0 Å². The van der Waals surface area contributed by atoms with Crippen LogP contribution in [0.2, 0.25) is 0 Å². The van der Waals surface area contributed by atoms with Gasteiger partial charge in [0.25, 0.3) is 0 Å². The number of Topliss-reactive ketones (excluding diaryl/α,β-unsaturated/α-hetero) is 1. The highest BCUT2D eigenvalue weighted by Gasteiger charge is 2.05. The first-order chi connectivity index (χ1) is 10.3. The van der Waals surface area contributed by atoms with Crippen LogP contribution >= 0.6 is 11.8 Å². The van der Waals surface area contributed by atoms with Gasteiger partial charge in [0.15, 0.2) is 5.78 Å². The first kappa shape index (κ1) is 15.6. The second-order valence-corrected chi connectivity index (χ2v) is 5.25. The quantitative estimate of drug-likeness (QED) is 0.423. The van der Waals surface area contributed by atoms with Crippen molar-refractivity contribution >= 4 is 17.5 Å². The van der Waals surface area contributed by atoms with Gasteiger partial charge in [-0.3, -0.25) is 4.79 Å². The molecule has 110 valence electrons. The van der Waals surface area contributed by atoms with E-state index in [0.29, 0.717) is 18.8 Å². The fourth-order valence-electron chi connectivity index (χ4n) is 1.76. The van der Waals surface area contributed by atoms with Crippen molar-refractivity contribution in [3.63, 3.8) is 0 Å². The fourth-order valence-corrected chi connectivity index (χ4v) is 2.17. The molecule has 0 aromatic heterocycles. The van der Waals surface area contributed by atoms with Gasteiger partial charge >= 0.3 is 0 Å². The third-order valence-electron chi connectivity index (χ3n) is 2.88. The van der Waals surface area contributed by atoms with Gasteiger partial charge in [-0.1, -0.05) is 30.3 Å². The highest BCUT2D eigenvalue weighted by Crippen LogP contribution is 2.15. The zero-order valence-electron chi connectivity index (χ0n) is 12.0. The molecule has 0 atom stereocenters. The van der Waals surface area contributed by atoms with Gasteiger partial charge in [0.1, 0.15) is 19.0 Å². The molecule has 0 radical (unpaired) electrons. The molecule has 21 heavy (non-hydrogen) atoms. The number of ketones is 1. The molecule has 0 bridgehead atoms. The lowest BCUT2D eigenvalue weighted by Gasteiger charge is -2.07. The zero-order valence-corrected chi connectivity index (χ0v) is 12.8. The fraction of sp³-hybridized carbons (Fsp3) is 0.235. The second-order valence-electron chi connectivity index (χ2n) is 4.37. The van der Waals surface area contributed by atoms with Gasteiger partial charge in [0.2, 0.25) is 0 Å². The molecular formula is C17H18O3S. The summed E-state index contributed by atoms with van der Waals surface area (Å²) in [5.74, 6) is 0.794. The molecule has 0 saturated heterocycles. The Kier molecular flexibility index (Phi) is 6.31. The van der Waals surface area contributed by atoms with Crippen LogP contribution in [-0.2, 0) is 4.74 Å². The molecule has 0 amide bonds. The van der Waals surface area contributed by atoms with E-state index in [2.05, 4.69) is 0 Å². The molecule has 2 aromatic rings. The normalized spacial score (nSPS) is 10.3. The van der Waals surface area contributed by atoms with Gasteiger partial charge in [-0.15, -0.1) is 11.8 Å². The molecular weight excluding hydrogens is 284 g/mol. The van der Waals surface area contributed by atoms with Crippen molar-refractivity contribution in [2.75, 3.05) is 26.1 Å². The second kappa shape index (κ2) is 8.49. The molecule has 4 heteroatoms. The highest BCUT2D eigenvalue weighted by atomic mass is 32.2. The number of carbonyl (C=O) groups excluding carboxylic acids is 1. The number of hydrogen-bond donors (Lipinski definition) is 0. The summed E-state index contributed by atoms with van der Waals surface area (Å²) in [5, 5.41) is 0. The molecule has 0 aliphatic rings. The van der Waals surface area contributed by atoms with Crippen molar-refractivity contribution in [2.45, 2.75) is 4.90 Å². The summed E-state index contributed by atoms with van der Waals surface area (Å²) in [7, 11) is 0. The molecule has 0 heterocycles. The van der Waals surface area contributed by atoms with Gasteiger partial charge < -0.3 is 9.47 Å². The number of hydrogen-bond acceptors (Lipinski definition) is 4. The van der Waals surface area contributed by atoms with E-state index in [1.807, 2.05) is 60.9 Å². The van der Waals surface area contributed by atoms with E-state index in [1.54, 1.807) is 11.8 Å². The minimum absolute atomic E-state index is 0.0117. The van der Waals surface area contributed by atoms with Crippen molar-refractivity contribution in [1.29, 1.82) is 0 Å². The molecule has 0 saturated carbocycles. The topological polar surface area (TPSA) is 35.5 Å². The van der Waals surface area contributed by atoms with Gasteiger partial charge in [-0.05, 0) is 30.5 Å². The van der Waals surface area contributed by atoms with Crippen LogP contribution in [0.3, 0.4) is 0 Å². The van der Waals surface area contributed by atoms with E-state index < -0.39 is 0 Å². The Balaban J connectivity index is 1.67. The molecule has 2 rings (SSSR count). The average molecular weight is 302 g/mol. The number of rotatable bonds is 8. The summed E-state index contributed by atoms with van der Waals surface area (Å²) < 4.78 is 10.8. The molecule has 0 spiro atoms. The predicted octanol–water partition coefficient (Wildman–Crippen LogP) is 3.69. The summed E-state index contributed by atoms with van der Waals surface area (Å²) in [6.45, 7) is 0.906. The maximum Gasteiger partial charge on any atom is 0.188 e. The lowest BCUT2D eigenvalue weighted by molar-refractivity contribution is 0.0688. The van der Waals surface area contributed by atoms with E-state index in [9.17, 15) is 4.79 Å². The van der Waals surface area contributed by atoms with Crippen molar-refractivity contribution in [3.05, 3.63) is 60.2 Å². The largest absolute Gasteiger partial charge is 0.491 e. The van der Waals surface area contributed by atoms with Crippen molar-refractivity contribution in [1.82, 2.24) is 0 Å². The summed E-state index contributed by atoms with van der Waals surface area (Å²) >= 11 is 1.65. The molecule has 2 aromatic carbocycles. The molecule has 3 nitrogen and oxygen atoms in total. The van der Waals surface area contributed by atoms with Crippen molar-refractivity contribution in [3.8, 4) is 5.75 Å². The standard InChI is InChI=1S/C17H18O3S/c1-21-16-9-7-14(8-10-16)17(18)13-19-11-12-20-15-5-3-2-4-6-15/h2-10H,11-13H2,1H3. The maximum atomic E-state index is 11.9. The number of para-hydroxylation sites is 1. The highest BCUT2D eigenvalue weighted by molar-refractivity contribution is 7.98. The smallest absolute Gasteiger partial charge is 0.188 e. The maximum absolute atomic E-state index is 11.9. The molecule has 0 aliphatic heterocycles. The van der Waals surface area contributed by atoms with E-state index in [0.717, 1.165) is 10.6 Å². The van der Waals surface area contributed by atoms with E-state index in [-0.39, 0.29) is 12.4 Å². The van der Waals surface area contributed by atoms with Crippen LogP contribution in [0.5, 0.6) is 5.75 Å². The molecule has 0 aliphatic carbocycles. The Morgan fingerprint density at radius 2 is 1.71 bits per heavy atom. The van der Waals surface area contributed by atoms with Gasteiger partial charge in [0, 0.05) is 10.5 Å². The summed E-state index contributed by atoms with van der Waals surface area (Å²) in [5.41, 5.74) is 0.678. The average Bonchev–Trinajstić information content (AvgIpc) is 2.55. The monoisotopic (exact) mass is 302 g/mol. The minimum atomic E-state index is -0.0117. The van der Waals surface area contributed by atoms with Gasteiger partial charge in [0.05, 0.1) is 6.61 Å². The number of thioether (sulfide) groups is 1. The van der Waals surface area contributed by atoms with Crippen molar-refractivity contribution < 1.29 is 14.3 Å². The Bertz CT molecular complexity index is 552. The van der Waals surface area contributed by atoms with E-state index in [1.165, 1.54) is 0 Å². The van der Waals surface area contributed by atoms with E-state index >= 15 is 0 Å². The first-order valence-corrected chi connectivity index (χ1v) is 7.95. The van der Waals surface area contributed by atoms with Crippen LogP contribution < -0.4 is 4.74 Å². The number of ether oxygens (including phenoxy) is 2. The number of benzene rings is 2. The summed E-state index contributed by atoms with van der Waals surface area (Å²) in [6, 6.07) is 17.1. The Labute approximate surface area is 129 Å². The molecule has 0 N–H and O–H groups in total. The zero-order chi connectivity index (χ0) is 14.9. The lowest BCUT2D eigenvalue weighted by atomic mass is 10.1. The van der Waals surface area contributed by atoms with E-state index in [4.69, 9.17) is 9.47 Å². The molecule has 0 unspecified atom stereocenters. The van der Waals surface area contributed by atoms with Crippen LogP contribution in [0, 0.1) is 0 Å². The summed E-state index contributed by atoms with van der Waals surface area (Å²) in [4.78, 5) is 13.0. The van der Waals surface area contributed by atoms with Crippen LogP contribution in [0.4, 0.5) is 0 Å². The Morgan fingerprint density at radius 1 is 1.00 bits per heavy atom. The van der Waals surface area contributed by atoms with Crippen LogP contribution in [0.15, 0.2) is 59.5 Å². The third-order valence-corrected chi connectivity index (χ3v) is 3.63. The van der Waals surface area contributed by atoms with Crippen molar-refractivity contribution in [2.24, 2.45) is 0 Å².